The zero-order valence-corrected chi connectivity index (χ0v) is 12.9. The average Bonchev–Trinajstić information content (AvgIpc) is 2.10. The molecule has 0 heterocycles. The van der Waals surface area contributed by atoms with E-state index in [1.54, 1.807) is 0 Å². The van der Waals surface area contributed by atoms with Crippen molar-refractivity contribution in [3.8, 4) is 5.75 Å². The van der Waals surface area contributed by atoms with Gasteiger partial charge in [0.05, 0.1) is 15.0 Å². The van der Waals surface area contributed by atoms with E-state index in [9.17, 15) is 0 Å². The van der Waals surface area contributed by atoms with Gasteiger partial charge in [-0.1, -0.05) is 0 Å². The number of halogens is 2. The summed E-state index contributed by atoms with van der Waals surface area (Å²) in [6.07, 6.45) is 1.02. The predicted octanol–water partition coefficient (Wildman–Crippen LogP) is 3.89. The third kappa shape index (κ3) is 4.07. The van der Waals surface area contributed by atoms with Gasteiger partial charge in [0.15, 0.2) is 0 Å². The maximum Gasteiger partial charge on any atom is 0.148 e. The molecule has 1 rings (SSSR count). The largest absolute Gasteiger partial charge is 0.489 e. The first-order chi connectivity index (χ1) is 7.40. The van der Waals surface area contributed by atoms with Crippen LogP contribution in [0.15, 0.2) is 21.1 Å². The standard InChI is InChI=1S/C12H17Br2NO/c1-7(2)16-12-10(13)5-9(4-8(3)15)6-11(12)14/h5-8H,4,15H2,1-3H3. The van der Waals surface area contributed by atoms with Crippen LogP contribution >= 0.6 is 31.9 Å². The normalized spacial score (nSPS) is 12.9. The zero-order chi connectivity index (χ0) is 12.3. The second-order valence-corrected chi connectivity index (χ2v) is 5.95. The van der Waals surface area contributed by atoms with E-state index in [2.05, 4.69) is 44.0 Å². The molecule has 0 aliphatic rings. The van der Waals surface area contributed by atoms with Crippen LogP contribution in [0.5, 0.6) is 5.75 Å². The first kappa shape index (κ1) is 14.0. The van der Waals surface area contributed by atoms with E-state index >= 15 is 0 Å². The van der Waals surface area contributed by atoms with Gasteiger partial charge < -0.3 is 10.5 Å². The zero-order valence-electron chi connectivity index (χ0n) is 9.76. The lowest BCUT2D eigenvalue weighted by Gasteiger charge is -2.15. The molecular formula is C12H17Br2NO. The van der Waals surface area contributed by atoms with Gasteiger partial charge in [0, 0.05) is 6.04 Å². The Morgan fingerprint density at radius 3 is 2.06 bits per heavy atom. The number of hydrogen-bond donors (Lipinski definition) is 1. The third-order valence-electron chi connectivity index (χ3n) is 1.97. The Morgan fingerprint density at radius 2 is 1.69 bits per heavy atom. The van der Waals surface area contributed by atoms with Crippen molar-refractivity contribution in [2.24, 2.45) is 5.73 Å². The van der Waals surface area contributed by atoms with Crippen molar-refractivity contribution in [3.05, 3.63) is 26.6 Å². The van der Waals surface area contributed by atoms with Gasteiger partial charge in [-0.25, -0.2) is 0 Å². The third-order valence-corrected chi connectivity index (χ3v) is 3.15. The molecule has 4 heteroatoms. The van der Waals surface area contributed by atoms with Crippen LogP contribution in [0.1, 0.15) is 26.3 Å². The van der Waals surface area contributed by atoms with Crippen LogP contribution in [0.2, 0.25) is 0 Å². The summed E-state index contributed by atoms with van der Waals surface area (Å²) in [4.78, 5) is 0. The molecule has 1 aromatic carbocycles. The van der Waals surface area contributed by atoms with Gasteiger partial charge in [0.2, 0.25) is 0 Å². The Balaban J connectivity index is 2.98. The highest BCUT2D eigenvalue weighted by atomic mass is 79.9. The van der Waals surface area contributed by atoms with Gasteiger partial charge in [-0.15, -0.1) is 0 Å². The summed E-state index contributed by atoms with van der Waals surface area (Å²) in [6, 6.07) is 4.29. The Morgan fingerprint density at radius 1 is 1.19 bits per heavy atom. The van der Waals surface area contributed by atoms with Crippen LogP contribution in [0, 0.1) is 0 Å². The Kier molecular flexibility index (Phi) is 5.28. The predicted molar refractivity (Wildman–Crippen MR) is 75.0 cm³/mol. The molecule has 0 aliphatic heterocycles. The molecule has 16 heavy (non-hydrogen) atoms. The number of nitrogens with two attached hydrogens (primary N) is 1. The van der Waals surface area contributed by atoms with Crippen molar-refractivity contribution in [2.75, 3.05) is 0 Å². The fourth-order valence-electron chi connectivity index (χ4n) is 1.45. The average molecular weight is 351 g/mol. The van der Waals surface area contributed by atoms with Gasteiger partial charge in [-0.3, -0.25) is 0 Å². The van der Waals surface area contributed by atoms with Crippen molar-refractivity contribution in [1.29, 1.82) is 0 Å². The van der Waals surface area contributed by atoms with E-state index in [1.807, 2.05) is 20.8 Å². The van der Waals surface area contributed by atoms with E-state index in [0.717, 1.165) is 21.1 Å². The van der Waals surface area contributed by atoms with Crippen molar-refractivity contribution < 1.29 is 4.74 Å². The molecule has 1 atom stereocenters. The van der Waals surface area contributed by atoms with Crippen LogP contribution in [0.25, 0.3) is 0 Å². The molecule has 0 amide bonds. The Bertz CT molecular complexity index is 341. The van der Waals surface area contributed by atoms with E-state index in [4.69, 9.17) is 10.5 Å². The molecular weight excluding hydrogens is 334 g/mol. The van der Waals surface area contributed by atoms with Crippen LogP contribution < -0.4 is 10.5 Å². The summed E-state index contributed by atoms with van der Waals surface area (Å²) in [5.74, 6) is 0.850. The molecule has 0 fully saturated rings. The molecule has 90 valence electrons. The smallest absolute Gasteiger partial charge is 0.148 e. The molecule has 0 bridgehead atoms. The SMILES string of the molecule is CC(N)Cc1cc(Br)c(OC(C)C)c(Br)c1. The highest BCUT2D eigenvalue weighted by molar-refractivity contribution is 9.11. The molecule has 0 aromatic heterocycles. The molecule has 0 saturated heterocycles. The van der Waals surface area contributed by atoms with Crippen molar-refractivity contribution in [3.63, 3.8) is 0 Å². The Labute approximate surface area is 114 Å². The molecule has 0 aliphatic carbocycles. The summed E-state index contributed by atoms with van der Waals surface area (Å²) < 4.78 is 7.64. The first-order valence-electron chi connectivity index (χ1n) is 5.30. The molecule has 1 unspecified atom stereocenters. The number of hydrogen-bond acceptors (Lipinski definition) is 2. The van der Waals surface area contributed by atoms with Crippen LogP contribution in [0.3, 0.4) is 0 Å². The molecule has 0 spiro atoms. The van der Waals surface area contributed by atoms with Gasteiger partial charge in [0.25, 0.3) is 0 Å². The number of rotatable bonds is 4. The van der Waals surface area contributed by atoms with Crippen LogP contribution in [0.4, 0.5) is 0 Å². The van der Waals surface area contributed by atoms with Gasteiger partial charge in [0.1, 0.15) is 5.75 Å². The first-order valence-corrected chi connectivity index (χ1v) is 6.89. The monoisotopic (exact) mass is 349 g/mol. The van der Waals surface area contributed by atoms with E-state index in [0.29, 0.717) is 0 Å². The number of ether oxygens (including phenoxy) is 1. The fraction of sp³-hybridized carbons (Fsp3) is 0.500. The maximum absolute atomic E-state index is 5.78. The molecule has 2 nitrogen and oxygen atoms in total. The van der Waals surface area contributed by atoms with Gasteiger partial charge >= 0.3 is 0 Å². The van der Waals surface area contributed by atoms with Crippen LogP contribution in [-0.2, 0) is 6.42 Å². The maximum atomic E-state index is 5.78. The van der Waals surface area contributed by atoms with Crippen molar-refractivity contribution >= 4 is 31.9 Å². The lowest BCUT2D eigenvalue weighted by molar-refractivity contribution is 0.239. The van der Waals surface area contributed by atoms with Crippen molar-refractivity contribution in [2.45, 2.75) is 39.3 Å². The lowest BCUT2D eigenvalue weighted by atomic mass is 10.1. The van der Waals surface area contributed by atoms with E-state index in [-0.39, 0.29) is 12.1 Å². The summed E-state index contributed by atoms with van der Waals surface area (Å²) in [5, 5.41) is 0. The lowest BCUT2D eigenvalue weighted by Crippen LogP contribution is -2.17. The van der Waals surface area contributed by atoms with E-state index in [1.165, 1.54) is 5.56 Å². The molecule has 0 saturated carbocycles. The molecule has 1 aromatic rings. The van der Waals surface area contributed by atoms with Gasteiger partial charge in [-0.2, -0.15) is 0 Å². The summed E-state index contributed by atoms with van der Waals surface area (Å²) in [5.41, 5.74) is 6.98. The van der Waals surface area contributed by atoms with E-state index < -0.39 is 0 Å². The fourth-order valence-corrected chi connectivity index (χ4v) is 2.92. The minimum atomic E-state index is 0.159. The van der Waals surface area contributed by atoms with Crippen molar-refractivity contribution in [1.82, 2.24) is 0 Å². The molecule has 2 N–H and O–H groups in total. The topological polar surface area (TPSA) is 35.2 Å². The molecule has 0 radical (unpaired) electrons. The highest BCUT2D eigenvalue weighted by Gasteiger charge is 2.11. The second kappa shape index (κ2) is 6.03. The highest BCUT2D eigenvalue weighted by Crippen LogP contribution is 2.35. The quantitative estimate of drug-likeness (QED) is 0.894. The summed E-state index contributed by atoms with van der Waals surface area (Å²) >= 11 is 7.04. The van der Waals surface area contributed by atoms with Crippen LogP contribution in [-0.4, -0.2) is 12.1 Å². The summed E-state index contributed by atoms with van der Waals surface area (Å²) in [6.45, 7) is 6.02. The summed E-state index contributed by atoms with van der Waals surface area (Å²) in [7, 11) is 0. The van der Waals surface area contributed by atoms with Gasteiger partial charge in [-0.05, 0) is 76.7 Å². The minimum absolute atomic E-state index is 0.159. The Hall–Kier alpha value is -0.0600. The minimum Gasteiger partial charge on any atom is -0.489 e. The number of benzene rings is 1. The second-order valence-electron chi connectivity index (χ2n) is 4.24.